The van der Waals surface area contributed by atoms with Crippen molar-refractivity contribution in [3.05, 3.63) is 47.5 Å². The zero-order chi connectivity index (χ0) is 12.8. The largest absolute Gasteiger partial charge is 0.461 e. The molecule has 1 N–H and O–H groups in total. The number of nitrogens with zero attached hydrogens (tertiary/aromatic N) is 2. The third-order valence-electron chi connectivity index (χ3n) is 3.72. The van der Waals surface area contributed by atoms with Crippen molar-refractivity contribution in [3.63, 3.8) is 0 Å². The summed E-state index contributed by atoms with van der Waals surface area (Å²) in [6, 6.07) is 8.19. The first kappa shape index (κ1) is 10.6. The molecule has 3 heterocycles. The minimum absolute atomic E-state index is 0.0410. The van der Waals surface area contributed by atoms with E-state index in [1.807, 2.05) is 16.7 Å². The molecule has 1 atom stereocenters. The van der Waals surface area contributed by atoms with E-state index in [-0.39, 0.29) is 12.1 Å². The normalized spacial score (nSPS) is 20.4. The molecule has 1 aromatic carbocycles. The highest BCUT2D eigenvalue weighted by molar-refractivity contribution is 5.89. The van der Waals surface area contributed by atoms with E-state index in [0.717, 1.165) is 17.8 Å². The van der Waals surface area contributed by atoms with Crippen LogP contribution in [0.25, 0.3) is 0 Å². The molecule has 2 aromatic rings. The summed E-state index contributed by atoms with van der Waals surface area (Å²) < 4.78 is 7.01. The van der Waals surface area contributed by atoms with Crippen molar-refractivity contribution >= 4 is 11.7 Å². The lowest BCUT2D eigenvalue weighted by Gasteiger charge is -2.18. The fourth-order valence-corrected chi connectivity index (χ4v) is 2.80. The number of anilines is 1. The zero-order valence-corrected chi connectivity index (χ0v) is 10.3. The van der Waals surface area contributed by atoms with Crippen molar-refractivity contribution in [3.8, 4) is 0 Å². The average Bonchev–Trinajstić information content (AvgIpc) is 3.02. The lowest BCUT2D eigenvalue weighted by molar-refractivity contribution is 0.0463. The molecule has 0 radical (unpaired) electrons. The Bertz CT molecular complexity index is 637. The van der Waals surface area contributed by atoms with E-state index in [2.05, 4.69) is 22.4 Å². The highest BCUT2D eigenvalue weighted by Crippen LogP contribution is 2.32. The maximum absolute atomic E-state index is 11.9. The second-order valence-electron chi connectivity index (χ2n) is 4.85. The smallest absolute Gasteiger partial charge is 0.356 e. The van der Waals surface area contributed by atoms with Crippen molar-refractivity contribution in [1.29, 1.82) is 0 Å². The van der Waals surface area contributed by atoms with Gasteiger partial charge in [0.15, 0.2) is 5.69 Å². The summed E-state index contributed by atoms with van der Waals surface area (Å²) in [5.41, 5.74) is 3.82. The number of cyclic esters (lactones) is 1. The number of carbonyl (C=O) groups excluding carboxylic acids is 1. The van der Waals surface area contributed by atoms with Crippen LogP contribution in [0.3, 0.4) is 0 Å². The number of carbonyl (C=O) groups is 1. The third-order valence-corrected chi connectivity index (χ3v) is 3.72. The Morgan fingerprint density at radius 1 is 1.37 bits per heavy atom. The number of ether oxygens (including phenoxy) is 1. The molecule has 0 saturated heterocycles. The van der Waals surface area contributed by atoms with Crippen LogP contribution in [0.4, 0.5) is 5.69 Å². The van der Waals surface area contributed by atoms with Gasteiger partial charge in [0.1, 0.15) is 6.17 Å². The highest BCUT2D eigenvalue weighted by atomic mass is 16.5. The monoisotopic (exact) mass is 255 g/mol. The average molecular weight is 255 g/mol. The fourth-order valence-electron chi connectivity index (χ4n) is 2.80. The van der Waals surface area contributed by atoms with Gasteiger partial charge in [0, 0.05) is 18.5 Å². The molecule has 96 valence electrons. The molecular formula is C14H13N3O2. The number of imidazole rings is 1. The number of nitrogens with one attached hydrogen (secondary N) is 1. The van der Waals surface area contributed by atoms with Gasteiger partial charge < -0.3 is 14.6 Å². The van der Waals surface area contributed by atoms with E-state index in [4.69, 9.17) is 4.74 Å². The van der Waals surface area contributed by atoms with E-state index >= 15 is 0 Å². The Balaban J connectivity index is 1.73. The molecule has 1 unspecified atom stereocenters. The number of aromatic nitrogens is 2. The van der Waals surface area contributed by atoms with Gasteiger partial charge in [-0.05, 0) is 11.6 Å². The predicted octanol–water partition coefficient (Wildman–Crippen LogP) is 1.76. The van der Waals surface area contributed by atoms with Crippen molar-refractivity contribution in [2.45, 2.75) is 19.0 Å². The first-order valence-corrected chi connectivity index (χ1v) is 6.40. The molecule has 2 aliphatic rings. The van der Waals surface area contributed by atoms with E-state index in [1.165, 1.54) is 5.56 Å². The van der Waals surface area contributed by atoms with Crippen LogP contribution in [0.5, 0.6) is 0 Å². The van der Waals surface area contributed by atoms with Crippen LogP contribution in [0.1, 0.15) is 27.9 Å². The van der Waals surface area contributed by atoms with Crippen molar-refractivity contribution in [1.82, 2.24) is 9.55 Å². The number of hydrogen-bond donors (Lipinski definition) is 1. The molecular weight excluding hydrogens is 242 g/mol. The summed E-state index contributed by atoms with van der Waals surface area (Å²) >= 11 is 0. The lowest BCUT2D eigenvalue weighted by Crippen LogP contribution is -2.24. The lowest BCUT2D eigenvalue weighted by atomic mass is 10.1. The van der Waals surface area contributed by atoms with Gasteiger partial charge in [0.05, 0.1) is 18.6 Å². The Hall–Kier alpha value is -2.30. The van der Waals surface area contributed by atoms with Gasteiger partial charge in [0.25, 0.3) is 0 Å². The van der Waals surface area contributed by atoms with E-state index in [9.17, 15) is 4.79 Å². The highest BCUT2D eigenvalue weighted by Gasteiger charge is 2.30. The molecule has 0 spiro atoms. The van der Waals surface area contributed by atoms with Crippen LogP contribution in [-0.2, 0) is 17.6 Å². The number of para-hydroxylation sites is 1. The van der Waals surface area contributed by atoms with E-state index in [0.29, 0.717) is 18.7 Å². The molecule has 2 aliphatic heterocycles. The first-order chi connectivity index (χ1) is 9.33. The summed E-state index contributed by atoms with van der Waals surface area (Å²) in [7, 11) is 0. The molecule has 0 amide bonds. The molecule has 0 fully saturated rings. The predicted molar refractivity (Wildman–Crippen MR) is 69.0 cm³/mol. The first-order valence-electron chi connectivity index (χ1n) is 6.40. The third kappa shape index (κ3) is 1.54. The number of hydrogen-bond acceptors (Lipinski definition) is 4. The second-order valence-corrected chi connectivity index (χ2v) is 4.85. The van der Waals surface area contributed by atoms with Crippen LogP contribution in [-0.4, -0.2) is 22.1 Å². The maximum Gasteiger partial charge on any atom is 0.356 e. The van der Waals surface area contributed by atoms with Crippen LogP contribution in [0.2, 0.25) is 0 Å². The van der Waals surface area contributed by atoms with Gasteiger partial charge in [-0.3, -0.25) is 0 Å². The number of rotatable bonds is 1. The number of esters is 1. The van der Waals surface area contributed by atoms with Gasteiger partial charge >= 0.3 is 5.97 Å². The van der Waals surface area contributed by atoms with Gasteiger partial charge in [-0.15, -0.1) is 0 Å². The van der Waals surface area contributed by atoms with Crippen LogP contribution in [0.15, 0.2) is 30.6 Å². The Morgan fingerprint density at radius 3 is 3.16 bits per heavy atom. The Kier molecular flexibility index (Phi) is 2.15. The van der Waals surface area contributed by atoms with Crippen molar-refractivity contribution in [2.75, 3.05) is 11.9 Å². The Labute approximate surface area is 110 Å². The maximum atomic E-state index is 11.9. The van der Waals surface area contributed by atoms with Crippen LogP contribution < -0.4 is 5.32 Å². The molecule has 4 rings (SSSR count). The number of fused-ring (bicyclic) bond motifs is 2. The molecule has 1 aromatic heterocycles. The summed E-state index contributed by atoms with van der Waals surface area (Å²) in [5, 5.41) is 3.42. The summed E-state index contributed by atoms with van der Waals surface area (Å²) in [5.74, 6) is -0.267. The SMILES string of the molecule is O=C1OCCc2ncn(C3Cc4ccccc4N3)c21. The minimum Gasteiger partial charge on any atom is -0.461 e. The minimum atomic E-state index is -0.267. The number of benzene rings is 1. The second kappa shape index (κ2) is 3.85. The van der Waals surface area contributed by atoms with Gasteiger partial charge in [-0.2, -0.15) is 0 Å². The topological polar surface area (TPSA) is 56.1 Å². The molecule has 0 bridgehead atoms. The van der Waals surface area contributed by atoms with E-state index < -0.39 is 0 Å². The van der Waals surface area contributed by atoms with Gasteiger partial charge in [-0.1, -0.05) is 18.2 Å². The summed E-state index contributed by atoms with van der Waals surface area (Å²) in [6.45, 7) is 0.432. The fraction of sp³-hybridized carbons (Fsp3) is 0.286. The summed E-state index contributed by atoms with van der Waals surface area (Å²) in [4.78, 5) is 16.2. The van der Waals surface area contributed by atoms with Gasteiger partial charge in [-0.25, -0.2) is 9.78 Å². The molecule has 19 heavy (non-hydrogen) atoms. The molecule has 5 heteroatoms. The van der Waals surface area contributed by atoms with Crippen LogP contribution in [0, 0.1) is 0 Å². The van der Waals surface area contributed by atoms with Crippen molar-refractivity contribution in [2.24, 2.45) is 0 Å². The molecule has 0 aliphatic carbocycles. The zero-order valence-electron chi connectivity index (χ0n) is 10.3. The van der Waals surface area contributed by atoms with Gasteiger partial charge in [0.2, 0.25) is 0 Å². The molecule has 0 saturated carbocycles. The quantitative estimate of drug-likeness (QED) is 0.789. The van der Waals surface area contributed by atoms with Crippen molar-refractivity contribution < 1.29 is 9.53 Å². The van der Waals surface area contributed by atoms with Crippen LogP contribution >= 0.6 is 0 Å². The summed E-state index contributed by atoms with van der Waals surface area (Å²) in [6.07, 6.45) is 3.33. The molecule has 5 nitrogen and oxygen atoms in total. The Morgan fingerprint density at radius 2 is 2.26 bits per heavy atom. The standard InChI is InChI=1S/C14H13N3O2/c18-14-13-11(5-6-19-14)15-8-17(13)12-7-9-3-1-2-4-10(9)16-12/h1-4,8,12,16H,5-7H2. The van der Waals surface area contributed by atoms with E-state index in [1.54, 1.807) is 6.33 Å².